The van der Waals surface area contributed by atoms with Crippen LogP contribution >= 0.6 is 0 Å². The summed E-state index contributed by atoms with van der Waals surface area (Å²) in [6, 6.07) is 4.15. The van der Waals surface area contributed by atoms with Crippen molar-refractivity contribution in [3.8, 4) is 5.75 Å². The third-order valence-corrected chi connectivity index (χ3v) is 5.22. The minimum absolute atomic E-state index is 0.0156. The van der Waals surface area contributed by atoms with Crippen molar-refractivity contribution >= 4 is 27.3 Å². The fourth-order valence-corrected chi connectivity index (χ4v) is 2.86. The van der Waals surface area contributed by atoms with Gasteiger partial charge in [0.1, 0.15) is 18.1 Å². The summed E-state index contributed by atoms with van der Waals surface area (Å²) < 4.78 is 28.6. The zero-order valence-electron chi connectivity index (χ0n) is 13.6. The molecule has 0 saturated carbocycles. The van der Waals surface area contributed by atoms with Gasteiger partial charge < -0.3 is 20.2 Å². The molecule has 134 valence electrons. The summed E-state index contributed by atoms with van der Waals surface area (Å²) in [5.74, 6) is -1.50. The number of carbonyl (C=O) groups is 2. The van der Waals surface area contributed by atoms with Gasteiger partial charge >= 0.3 is 0 Å². The van der Waals surface area contributed by atoms with Crippen LogP contribution in [0.2, 0.25) is 0 Å². The van der Waals surface area contributed by atoms with Crippen LogP contribution < -0.4 is 10.6 Å². The van der Waals surface area contributed by atoms with Gasteiger partial charge in [-0.2, -0.15) is 0 Å². The molecule has 9 heteroatoms. The zero-order valence-corrected chi connectivity index (χ0v) is 14.5. The number of rotatable bonds is 6. The standard InChI is InChI=1S/C16H18N2O6S/c1-3-25(22,23)12-4-5-14(19)13(8-12)18-15(20)10(2)17-16(21)11-6-7-24-9-11/h4-10,19H,3H2,1-2H3,(H,17,21)(H,18,20). The quantitative estimate of drug-likeness (QED) is 0.666. The Balaban J connectivity index is 2.12. The third kappa shape index (κ3) is 4.38. The van der Waals surface area contributed by atoms with Crippen LogP contribution in [-0.2, 0) is 14.6 Å². The Hall–Kier alpha value is -2.81. The van der Waals surface area contributed by atoms with Gasteiger partial charge in [0.15, 0.2) is 9.84 Å². The van der Waals surface area contributed by atoms with Crippen molar-refractivity contribution in [2.45, 2.75) is 24.8 Å². The number of benzene rings is 1. The minimum Gasteiger partial charge on any atom is -0.506 e. The summed E-state index contributed by atoms with van der Waals surface area (Å²) in [5, 5.41) is 14.7. The van der Waals surface area contributed by atoms with Crippen LogP contribution in [0.1, 0.15) is 24.2 Å². The van der Waals surface area contributed by atoms with E-state index in [1.54, 1.807) is 0 Å². The first-order valence-electron chi connectivity index (χ1n) is 7.44. The highest BCUT2D eigenvalue weighted by molar-refractivity contribution is 7.91. The summed E-state index contributed by atoms with van der Waals surface area (Å²) in [6.45, 7) is 2.95. The molecular weight excluding hydrogens is 348 g/mol. The molecule has 1 aromatic heterocycles. The molecule has 2 amide bonds. The number of carbonyl (C=O) groups excluding carboxylic acids is 2. The summed E-state index contributed by atoms with van der Waals surface area (Å²) in [7, 11) is -3.48. The van der Waals surface area contributed by atoms with Gasteiger partial charge in [-0.05, 0) is 31.2 Å². The Morgan fingerprint density at radius 3 is 2.60 bits per heavy atom. The fraction of sp³-hybridized carbons (Fsp3) is 0.250. The highest BCUT2D eigenvalue weighted by atomic mass is 32.2. The molecule has 0 spiro atoms. The number of hydrogen-bond acceptors (Lipinski definition) is 6. The number of amides is 2. The van der Waals surface area contributed by atoms with Gasteiger partial charge in [-0.15, -0.1) is 0 Å². The van der Waals surface area contributed by atoms with E-state index in [9.17, 15) is 23.1 Å². The molecule has 0 fully saturated rings. The smallest absolute Gasteiger partial charge is 0.255 e. The molecular formula is C16H18N2O6S. The SMILES string of the molecule is CCS(=O)(=O)c1ccc(O)c(NC(=O)C(C)NC(=O)c2ccoc2)c1. The van der Waals surface area contributed by atoms with Gasteiger partial charge in [-0.25, -0.2) is 8.42 Å². The van der Waals surface area contributed by atoms with Crippen molar-refractivity contribution in [2.75, 3.05) is 11.1 Å². The second-order valence-electron chi connectivity index (χ2n) is 5.28. The fourth-order valence-electron chi connectivity index (χ4n) is 1.96. The molecule has 0 bridgehead atoms. The number of nitrogens with one attached hydrogen (secondary N) is 2. The molecule has 0 aliphatic rings. The molecule has 0 saturated heterocycles. The van der Waals surface area contributed by atoms with Crippen molar-refractivity contribution in [1.82, 2.24) is 5.32 Å². The van der Waals surface area contributed by atoms with E-state index in [-0.39, 0.29) is 27.6 Å². The molecule has 1 atom stereocenters. The molecule has 0 radical (unpaired) electrons. The number of aromatic hydroxyl groups is 1. The van der Waals surface area contributed by atoms with E-state index in [1.165, 1.54) is 50.6 Å². The Morgan fingerprint density at radius 2 is 2.00 bits per heavy atom. The third-order valence-electron chi connectivity index (χ3n) is 3.49. The van der Waals surface area contributed by atoms with E-state index in [1.807, 2.05) is 0 Å². The van der Waals surface area contributed by atoms with Crippen molar-refractivity contribution < 1.29 is 27.5 Å². The number of sulfone groups is 1. The average molecular weight is 366 g/mol. The molecule has 1 heterocycles. The molecule has 1 aromatic carbocycles. The normalized spacial score (nSPS) is 12.4. The maximum absolute atomic E-state index is 12.2. The number of phenols is 1. The lowest BCUT2D eigenvalue weighted by Gasteiger charge is -2.15. The van der Waals surface area contributed by atoms with Crippen LogP contribution in [0.25, 0.3) is 0 Å². The molecule has 2 aromatic rings. The lowest BCUT2D eigenvalue weighted by Crippen LogP contribution is -2.41. The Morgan fingerprint density at radius 1 is 1.28 bits per heavy atom. The van der Waals surface area contributed by atoms with E-state index < -0.39 is 27.7 Å². The number of hydrogen-bond donors (Lipinski definition) is 3. The number of anilines is 1. The van der Waals surface area contributed by atoms with Crippen LogP contribution in [0.3, 0.4) is 0 Å². The molecule has 8 nitrogen and oxygen atoms in total. The van der Waals surface area contributed by atoms with E-state index in [4.69, 9.17) is 4.42 Å². The topological polar surface area (TPSA) is 126 Å². The van der Waals surface area contributed by atoms with Crippen LogP contribution in [0, 0.1) is 0 Å². The Labute approximate surface area is 144 Å². The molecule has 2 rings (SSSR count). The lowest BCUT2D eigenvalue weighted by atomic mass is 10.2. The van der Waals surface area contributed by atoms with Crippen LogP contribution in [0.4, 0.5) is 5.69 Å². The predicted octanol–water partition coefficient (Wildman–Crippen LogP) is 1.54. The summed E-state index contributed by atoms with van der Waals surface area (Å²) in [4.78, 5) is 24.1. The van der Waals surface area contributed by atoms with Gasteiger partial charge in [0.05, 0.1) is 28.2 Å². The van der Waals surface area contributed by atoms with Crippen LogP contribution in [0.15, 0.2) is 46.1 Å². The Bertz CT molecular complexity index is 874. The first kappa shape index (κ1) is 18.5. The lowest BCUT2D eigenvalue weighted by molar-refractivity contribution is -0.117. The van der Waals surface area contributed by atoms with Gasteiger partial charge in [0, 0.05) is 0 Å². The maximum Gasteiger partial charge on any atom is 0.255 e. The van der Waals surface area contributed by atoms with Crippen molar-refractivity contribution in [3.05, 3.63) is 42.4 Å². The molecule has 1 unspecified atom stereocenters. The molecule has 0 aliphatic heterocycles. The van der Waals surface area contributed by atoms with Gasteiger partial charge in [0.2, 0.25) is 5.91 Å². The predicted molar refractivity (Wildman–Crippen MR) is 90.1 cm³/mol. The summed E-state index contributed by atoms with van der Waals surface area (Å²) >= 11 is 0. The van der Waals surface area contributed by atoms with E-state index in [0.29, 0.717) is 0 Å². The largest absolute Gasteiger partial charge is 0.506 e. The van der Waals surface area contributed by atoms with Gasteiger partial charge in [0.25, 0.3) is 5.91 Å². The van der Waals surface area contributed by atoms with Gasteiger partial charge in [-0.1, -0.05) is 6.92 Å². The zero-order chi connectivity index (χ0) is 18.6. The number of phenolic OH excluding ortho intramolecular Hbond substituents is 1. The molecule has 25 heavy (non-hydrogen) atoms. The summed E-state index contributed by atoms with van der Waals surface area (Å²) in [6.07, 6.45) is 2.57. The molecule has 0 aliphatic carbocycles. The minimum atomic E-state index is -3.48. The second-order valence-corrected chi connectivity index (χ2v) is 7.56. The monoisotopic (exact) mass is 366 g/mol. The second kappa shape index (κ2) is 7.39. The van der Waals surface area contributed by atoms with Crippen molar-refractivity contribution in [1.29, 1.82) is 0 Å². The highest BCUT2D eigenvalue weighted by Gasteiger charge is 2.20. The first-order valence-corrected chi connectivity index (χ1v) is 9.09. The Kier molecular flexibility index (Phi) is 5.48. The highest BCUT2D eigenvalue weighted by Crippen LogP contribution is 2.27. The van der Waals surface area contributed by atoms with E-state index in [2.05, 4.69) is 10.6 Å². The van der Waals surface area contributed by atoms with Crippen LogP contribution in [-0.4, -0.2) is 37.1 Å². The van der Waals surface area contributed by atoms with E-state index in [0.717, 1.165) is 0 Å². The number of furan rings is 1. The first-order chi connectivity index (χ1) is 11.7. The van der Waals surface area contributed by atoms with Gasteiger partial charge in [-0.3, -0.25) is 9.59 Å². The average Bonchev–Trinajstić information content (AvgIpc) is 3.11. The van der Waals surface area contributed by atoms with Crippen LogP contribution in [0.5, 0.6) is 5.75 Å². The van der Waals surface area contributed by atoms with Crippen molar-refractivity contribution in [2.24, 2.45) is 0 Å². The van der Waals surface area contributed by atoms with E-state index >= 15 is 0 Å². The molecule has 3 N–H and O–H groups in total. The maximum atomic E-state index is 12.2. The summed E-state index contributed by atoms with van der Waals surface area (Å²) in [5.41, 5.74) is 0.211. The van der Waals surface area contributed by atoms with Crippen molar-refractivity contribution in [3.63, 3.8) is 0 Å².